The summed E-state index contributed by atoms with van der Waals surface area (Å²) < 4.78 is 2.00. The number of hydrogen-bond acceptors (Lipinski definition) is 3. The van der Waals surface area contributed by atoms with Gasteiger partial charge in [0.25, 0.3) is 5.56 Å². The summed E-state index contributed by atoms with van der Waals surface area (Å²) in [5.74, 6) is 1.01. The zero-order chi connectivity index (χ0) is 14.0. The number of nitrogens with zero attached hydrogens (tertiary/aromatic N) is 2. The second-order valence-corrected chi connectivity index (χ2v) is 6.04. The van der Waals surface area contributed by atoms with Gasteiger partial charge in [-0.3, -0.25) is 9.69 Å². The summed E-state index contributed by atoms with van der Waals surface area (Å²) in [6.45, 7) is 10.4. The van der Waals surface area contributed by atoms with Crippen molar-refractivity contribution in [3.05, 3.63) is 33.2 Å². The molecule has 0 aromatic carbocycles. The minimum absolute atomic E-state index is 0.160. The van der Waals surface area contributed by atoms with Crippen LogP contribution in [0, 0.1) is 5.92 Å². The van der Waals surface area contributed by atoms with Gasteiger partial charge in [0.2, 0.25) is 0 Å². The summed E-state index contributed by atoms with van der Waals surface area (Å²) in [7, 11) is 0. The minimum Gasteiger partial charge on any atom is -0.312 e. The van der Waals surface area contributed by atoms with Crippen LogP contribution in [-0.2, 0) is 25.3 Å². The van der Waals surface area contributed by atoms with Crippen molar-refractivity contribution < 1.29 is 0 Å². The second kappa shape index (κ2) is 6.14. The van der Waals surface area contributed by atoms with Gasteiger partial charge in [0.1, 0.15) is 0 Å². The molecule has 0 atom stereocenters. The van der Waals surface area contributed by atoms with E-state index in [1.165, 1.54) is 11.3 Å². The van der Waals surface area contributed by atoms with Crippen LogP contribution >= 0.6 is 12.6 Å². The highest BCUT2D eigenvalue weighted by atomic mass is 32.1. The third-order valence-corrected chi connectivity index (χ3v) is 4.13. The maximum absolute atomic E-state index is 12.5. The van der Waals surface area contributed by atoms with Crippen LogP contribution in [0.5, 0.6) is 0 Å². The molecule has 106 valence electrons. The van der Waals surface area contributed by atoms with E-state index in [-0.39, 0.29) is 5.56 Å². The van der Waals surface area contributed by atoms with Crippen molar-refractivity contribution in [1.82, 2.24) is 9.47 Å². The molecule has 2 heterocycles. The largest absolute Gasteiger partial charge is 0.312 e. The van der Waals surface area contributed by atoms with Gasteiger partial charge in [0.15, 0.2) is 0 Å². The Balaban J connectivity index is 2.49. The summed E-state index contributed by atoms with van der Waals surface area (Å²) in [4.78, 5) is 14.9. The van der Waals surface area contributed by atoms with Crippen LogP contribution in [0.1, 0.15) is 37.6 Å². The van der Waals surface area contributed by atoms with Crippen LogP contribution < -0.4 is 5.56 Å². The predicted octanol–water partition coefficient (Wildman–Crippen LogP) is 2.31. The van der Waals surface area contributed by atoms with E-state index in [0.29, 0.717) is 11.7 Å². The fourth-order valence-electron chi connectivity index (χ4n) is 2.78. The summed E-state index contributed by atoms with van der Waals surface area (Å²) in [6, 6.07) is 2.07. The van der Waals surface area contributed by atoms with Crippen molar-refractivity contribution >= 4 is 12.6 Å². The Morgan fingerprint density at radius 2 is 2.16 bits per heavy atom. The maximum Gasteiger partial charge on any atom is 0.254 e. The molecule has 1 aliphatic heterocycles. The van der Waals surface area contributed by atoms with Gasteiger partial charge in [-0.1, -0.05) is 20.8 Å². The Morgan fingerprint density at radius 3 is 2.74 bits per heavy atom. The third-order valence-electron chi connectivity index (χ3n) is 3.79. The molecule has 1 aromatic heterocycles. The highest BCUT2D eigenvalue weighted by molar-refractivity contribution is 7.79. The van der Waals surface area contributed by atoms with Crippen molar-refractivity contribution in [1.29, 1.82) is 0 Å². The smallest absolute Gasteiger partial charge is 0.254 e. The number of likely N-dealkylation sites (N-methyl/N-ethyl adjacent to an activating group) is 1. The summed E-state index contributed by atoms with van der Waals surface area (Å²) in [5, 5.41) is 0. The normalized spacial score (nSPS) is 15.8. The number of pyridine rings is 1. The highest BCUT2D eigenvalue weighted by Gasteiger charge is 2.20. The lowest BCUT2D eigenvalue weighted by atomic mass is 10.0. The molecule has 0 N–H and O–H groups in total. The van der Waals surface area contributed by atoms with Crippen molar-refractivity contribution in [3.8, 4) is 0 Å². The molecule has 2 rings (SSSR count). The van der Waals surface area contributed by atoms with E-state index >= 15 is 0 Å². The Morgan fingerprint density at radius 1 is 1.42 bits per heavy atom. The van der Waals surface area contributed by atoms with E-state index in [1.807, 2.05) is 4.57 Å². The average molecular weight is 280 g/mol. The molecule has 1 aromatic rings. The molecule has 0 spiro atoms. The van der Waals surface area contributed by atoms with E-state index in [4.69, 9.17) is 0 Å². The number of hydrogen-bond donors (Lipinski definition) is 1. The molecule has 0 aliphatic carbocycles. The van der Waals surface area contributed by atoms with E-state index in [1.54, 1.807) is 0 Å². The van der Waals surface area contributed by atoms with Crippen LogP contribution in [-0.4, -0.2) is 22.6 Å². The first kappa shape index (κ1) is 14.7. The SMILES string of the molecule is CCN1CCc2c(cc(CS)c(=O)n2CC(C)C)C1. The van der Waals surface area contributed by atoms with Gasteiger partial charge in [0, 0.05) is 43.1 Å². The summed E-state index contributed by atoms with van der Waals surface area (Å²) >= 11 is 4.30. The molecular formula is C15H24N2OS. The monoisotopic (exact) mass is 280 g/mol. The van der Waals surface area contributed by atoms with Gasteiger partial charge in [-0.2, -0.15) is 12.6 Å². The Labute approximate surface area is 121 Å². The molecule has 0 radical (unpaired) electrons. The Bertz CT molecular complexity index is 508. The van der Waals surface area contributed by atoms with Gasteiger partial charge in [-0.05, 0) is 24.1 Å². The molecule has 0 unspecified atom stereocenters. The van der Waals surface area contributed by atoms with Crippen LogP contribution in [0.4, 0.5) is 0 Å². The molecule has 0 bridgehead atoms. The number of rotatable bonds is 4. The van der Waals surface area contributed by atoms with E-state index in [2.05, 4.69) is 44.4 Å². The van der Waals surface area contributed by atoms with Crippen LogP contribution in [0.3, 0.4) is 0 Å². The lowest BCUT2D eigenvalue weighted by Crippen LogP contribution is -2.37. The van der Waals surface area contributed by atoms with E-state index < -0.39 is 0 Å². The maximum atomic E-state index is 12.5. The molecule has 4 heteroatoms. The van der Waals surface area contributed by atoms with Gasteiger partial charge >= 0.3 is 0 Å². The fourth-order valence-corrected chi connectivity index (χ4v) is 3.01. The number of aromatic nitrogens is 1. The molecule has 0 saturated heterocycles. The Kier molecular flexibility index (Phi) is 4.74. The summed E-state index contributed by atoms with van der Waals surface area (Å²) in [5.41, 5.74) is 3.56. The van der Waals surface area contributed by atoms with Crippen molar-refractivity contribution in [2.75, 3.05) is 13.1 Å². The van der Waals surface area contributed by atoms with Crippen molar-refractivity contribution in [3.63, 3.8) is 0 Å². The molecule has 0 saturated carbocycles. The molecule has 0 amide bonds. The van der Waals surface area contributed by atoms with Crippen LogP contribution in [0.25, 0.3) is 0 Å². The Hall–Kier alpha value is -0.740. The van der Waals surface area contributed by atoms with Gasteiger partial charge in [-0.15, -0.1) is 0 Å². The van der Waals surface area contributed by atoms with Gasteiger partial charge < -0.3 is 4.57 Å². The lowest BCUT2D eigenvalue weighted by molar-refractivity contribution is 0.260. The van der Waals surface area contributed by atoms with Crippen molar-refractivity contribution in [2.45, 2.75) is 46.0 Å². The number of fused-ring (bicyclic) bond motifs is 1. The molecule has 0 fully saturated rings. The fraction of sp³-hybridized carbons (Fsp3) is 0.667. The molecule has 19 heavy (non-hydrogen) atoms. The standard InChI is InChI=1S/C15H24N2OS/c1-4-16-6-5-14-12(9-16)7-13(10-19)15(18)17(14)8-11(2)3/h7,11,19H,4-6,8-10H2,1-3H3. The minimum atomic E-state index is 0.160. The van der Waals surface area contributed by atoms with Gasteiger partial charge in [0.05, 0.1) is 0 Å². The van der Waals surface area contributed by atoms with E-state index in [0.717, 1.165) is 38.2 Å². The zero-order valence-electron chi connectivity index (χ0n) is 12.1. The van der Waals surface area contributed by atoms with Crippen LogP contribution in [0.2, 0.25) is 0 Å². The topological polar surface area (TPSA) is 25.2 Å². The first-order valence-corrected chi connectivity index (χ1v) is 7.77. The van der Waals surface area contributed by atoms with E-state index in [9.17, 15) is 4.79 Å². The first-order chi connectivity index (χ1) is 9.06. The molecule has 3 nitrogen and oxygen atoms in total. The van der Waals surface area contributed by atoms with Gasteiger partial charge in [-0.25, -0.2) is 0 Å². The third kappa shape index (κ3) is 3.06. The molecule has 1 aliphatic rings. The van der Waals surface area contributed by atoms with Crippen molar-refractivity contribution in [2.24, 2.45) is 5.92 Å². The second-order valence-electron chi connectivity index (χ2n) is 5.73. The summed E-state index contributed by atoms with van der Waals surface area (Å²) in [6.07, 6.45) is 0.984. The highest BCUT2D eigenvalue weighted by Crippen LogP contribution is 2.20. The predicted molar refractivity (Wildman–Crippen MR) is 82.9 cm³/mol. The first-order valence-electron chi connectivity index (χ1n) is 7.14. The number of thiol groups is 1. The lowest BCUT2D eigenvalue weighted by Gasteiger charge is -2.30. The average Bonchev–Trinajstić information content (AvgIpc) is 2.40. The quantitative estimate of drug-likeness (QED) is 0.856. The zero-order valence-corrected chi connectivity index (χ0v) is 13.0. The molecular weight excluding hydrogens is 256 g/mol. The van der Waals surface area contributed by atoms with Crippen LogP contribution in [0.15, 0.2) is 10.9 Å².